The van der Waals surface area contributed by atoms with E-state index in [9.17, 15) is 0 Å². The smallest absolute Gasteiger partial charge is 0.213 e. The van der Waals surface area contributed by atoms with Crippen molar-refractivity contribution in [1.29, 1.82) is 0 Å². The largest absolute Gasteiger partial charge is 1.00 e. The van der Waals surface area contributed by atoms with Gasteiger partial charge in [0.25, 0.3) is 0 Å². The monoisotopic (exact) mass is 470 g/mol. The molecule has 1 atom stereocenters. The first-order chi connectivity index (χ1) is 13.3. The number of fused-ring (bicyclic) bond motifs is 2. The molecule has 0 saturated carbocycles. The number of allylic oxidation sites excluding steroid dienone is 2. The molecule has 0 fully saturated rings. The molecule has 0 aromatic heterocycles. The average Bonchev–Trinajstić information content (AvgIpc) is 3.21. The Morgan fingerprint density at radius 1 is 0.964 bits per heavy atom. The van der Waals surface area contributed by atoms with Crippen LogP contribution in [0.15, 0.2) is 107 Å². The summed E-state index contributed by atoms with van der Waals surface area (Å²) in [6.07, 6.45) is 10.7. The van der Waals surface area contributed by atoms with Gasteiger partial charge in [-0.25, -0.2) is 0 Å². The molecular formula is C23H23BrN2S2. The molecule has 0 amide bonds. The summed E-state index contributed by atoms with van der Waals surface area (Å²) in [4.78, 5) is 7.42. The average molecular weight is 471 g/mol. The van der Waals surface area contributed by atoms with Gasteiger partial charge in [0.2, 0.25) is 5.37 Å². The van der Waals surface area contributed by atoms with E-state index in [4.69, 9.17) is 0 Å². The van der Waals surface area contributed by atoms with Crippen LogP contribution < -0.4 is 26.8 Å². The van der Waals surface area contributed by atoms with E-state index in [-0.39, 0.29) is 17.0 Å². The number of hydrogen-bond acceptors (Lipinski definition) is 3. The number of anilines is 2. The van der Waals surface area contributed by atoms with E-state index in [1.807, 2.05) is 23.9 Å². The van der Waals surface area contributed by atoms with Gasteiger partial charge < -0.3 is 26.8 Å². The maximum absolute atomic E-state index is 3.93. The lowest BCUT2D eigenvalue weighted by Gasteiger charge is -2.18. The molecule has 2 aliphatic rings. The van der Waals surface area contributed by atoms with Crippen LogP contribution in [-0.4, -0.2) is 18.5 Å². The van der Waals surface area contributed by atoms with E-state index in [0.29, 0.717) is 5.37 Å². The molecule has 0 aliphatic carbocycles. The Kier molecular flexibility index (Phi) is 7.16. The Bertz CT molecular complexity index is 922. The van der Waals surface area contributed by atoms with Crippen molar-refractivity contribution < 1.29 is 17.0 Å². The van der Waals surface area contributed by atoms with Crippen molar-refractivity contribution in [3.8, 4) is 0 Å². The topological polar surface area (TPSA) is 6.48 Å². The molecule has 0 radical (unpaired) electrons. The van der Waals surface area contributed by atoms with Crippen LogP contribution in [0.3, 0.4) is 0 Å². The predicted octanol–water partition coefficient (Wildman–Crippen LogP) is 2.39. The van der Waals surface area contributed by atoms with Crippen molar-refractivity contribution >= 4 is 34.9 Å². The number of thioether (sulfide) groups is 1. The van der Waals surface area contributed by atoms with E-state index in [0.717, 1.165) is 13.1 Å². The Balaban J connectivity index is 0.00000225. The highest BCUT2D eigenvalue weighted by molar-refractivity contribution is 8.03. The minimum absolute atomic E-state index is 0. The summed E-state index contributed by atoms with van der Waals surface area (Å²) in [5, 5.41) is 1.59. The molecule has 4 rings (SSSR count). The van der Waals surface area contributed by atoms with Gasteiger partial charge in [0.1, 0.15) is 0 Å². The van der Waals surface area contributed by atoms with Gasteiger partial charge in [-0.1, -0.05) is 54.3 Å². The van der Waals surface area contributed by atoms with Gasteiger partial charge in [0.15, 0.2) is 4.90 Å². The molecular weight excluding hydrogens is 448 g/mol. The molecule has 1 unspecified atom stereocenters. The third-order valence-electron chi connectivity index (χ3n) is 4.58. The first-order valence-electron chi connectivity index (χ1n) is 9.03. The molecule has 144 valence electrons. The first kappa shape index (κ1) is 20.9. The minimum Gasteiger partial charge on any atom is -1.00 e. The quantitative estimate of drug-likeness (QED) is 0.363. The number of thiol groups is 1. The molecule has 5 heteroatoms. The fourth-order valence-corrected chi connectivity index (χ4v) is 5.82. The van der Waals surface area contributed by atoms with E-state index in [1.165, 1.54) is 38.0 Å². The molecule has 0 saturated heterocycles. The number of halogens is 1. The van der Waals surface area contributed by atoms with E-state index in [1.54, 1.807) is 0 Å². The third-order valence-corrected chi connectivity index (χ3v) is 7.08. The molecule has 0 N–H and O–H groups in total. The molecule has 0 bridgehead atoms. The summed E-state index contributed by atoms with van der Waals surface area (Å²) in [6.45, 7) is 9.52. The minimum atomic E-state index is 0. The van der Waals surface area contributed by atoms with Crippen molar-refractivity contribution in [2.24, 2.45) is 0 Å². The summed E-state index contributed by atoms with van der Waals surface area (Å²) >= 11 is 3.15. The van der Waals surface area contributed by atoms with Crippen LogP contribution in [0.1, 0.15) is 0 Å². The Morgan fingerprint density at radius 3 is 2.46 bits per heavy atom. The Labute approximate surface area is 186 Å². The zero-order chi connectivity index (χ0) is 18.6. The first-order valence-corrected chi connectivity index (χ1v) is 10.8. The van der Waals surface area contributed by atoms with Crippen molar-refractivity contribution in [3.05, 3.63) is 97.1 Å². The van der Waals surface area contributed by atoms with E-state index in [2.05, 4.69) is 89.7 Å². The fraction of sp³-hybridized carbons (Fsp3) is 0.130. The van der Waals surface area contributed by atoms with Gasteiger partial charge >= 0.3 is 0 Å². The molecule has 2 nitrogen and oxygen atoms in total. The number of benzene rings is 2. The van der Waals surface area contributed by atoms with E-state index < -0.39 is 0 Å². The highest BCUT2D eigenvalue weighted by atomic mass is 79.9. The summed E-state index contributed by atoms with van der Waals surface area (Å²) < 4.78 is 0. The number of para-hydroxylation sites is 2. The fourth-order valence-electron chi connectivity index (χ4n) is 3.39. The van der Waals surface area contributed by atoms with Crippen molar-refractivity contribution in [3.63, 3.8) is 0 Å². The number of hydrogen-bond donors (Lipinski definition) is 0. The van der Waals surface area contributed by atoms with Gasteiger partial charge in [-0.15, -0.1) is 13.2 Å². The maximum Gasteiger partial charge on any atom is 0.213 e. The summed E-state index contributed by atoms with van der Waals surface area (Å²) in [5.41, 5.74) is 2.58. The van der Waals surface area contributed by atoms with Crippen LogP contribution in [0.4, 0.5) is 11.4 Å². The van der Waals surface area contributed by atoms with Gasteiger partial charge in [-0.05, 0) is 36.4 Å². The highest BCUT2D eigenvalue weighted by Crippen LogP contribution is 2.45. The maximum atomic E-state index is 3.93. The zero-order valence-electron chi connectivity index (χ0n) is 15.5. The van der Waals surface area contributed by atoms with Gasteiger partial charge in [-0.3, -0.25) is 0 Å². The third kappa shape index (κ3) is 4.12. The van der Waals surface area contributed by atoms with Gasteiger partial charge in [0.05, 0.1) is 16.4 Å². The zero-order valence-corrected chi connectivity index (χ0v) is 18.8. The lowest BCUT2D eigenvalue weighted by atomic mass is 10.2. The lowest BCUT2D eigenvalue weighted by molar-refractivity contribution is -0.00000508. The second-order valence-electron chi connectivity index (χ2n) is 6.33. The molecule has 0 spiro atoms. The SMILES string of the molecule is C=CCN1/C(=C/C=C/C2[SH+]c3ccccc3N2CC=C)Sc2ccccc21.[Br-]. The van der Waals surface area contributed by atoms with Crippen LogP contribution >= 0.6 is 11.8 Å². The van der Waals surface area contributed by atoms with Crippen molar-refractivity contribution in [2.45, 2.75) is 15.2 Å². The van der Waals surface area contributed by atoms with Crippen molar-refractivity contribution in [2.75, 3.05) is 22.9 Å². The normalized spacial score (nSPS) is 18.9. The lowest BCUT2D eigenvalue weighted by Crippen LogP contribution is -3.00. The molecule has 2 aromatic carbocycles. The molecule has 2 heterocycles. The second-order valence-corrected chi connectivity index (χ2v) is 8.66. The van der Waals surface area contributed by atoms with Crippen LogP contribution in [0, 0.1) is 0 Å². The van der Waals surface area contributed by atoms with Gasteiger partial charge in [0, 0.05) is 29.7 Å². The van der Waals surface area contributed by atoms with Crippen molar-refractivity contribution in [1.82, 2.24) is 0 Å². The molecule has 28 heavy (non-hydrogen) atoms. The Hall–Kier alpha value is -1.82. The van der Waals surface area contributed by atoms with Crippen LogP contribution in [-0.2, 0) is 11.8 Å². The number of nitrogens with zero attached hydrogens (tertiary/aromatic N) is 2. The predicted molar refractivity (Wildman–Crippen MR) is 122 cm³/mol. The highest BCUT2D eigenvalue weighted by Gasteiger charge is 2.34. The summed E-state index contributed by atoms with van der Waals surface area (Å²) in [7, 11) is 0. The van der Waals surface area contributed by atoms with E-state index >= 15 is 0 Å². The standard InChI is InChI=1S/C23H22N2S2.BrH/c1-3-16-24-18-10-5-7-12-20(18)26-22(24)14-9-15-23-25(17-4-2)19-11-6-8-13-21(19)27-23;/h3-15,22H,1-2,16-17H2;1H/b14-9+,23-15-;. The van der Waals surface area contributed by atoms with Gasteiger partial charge in [-0.2, -0.15) is 0 Å². The van der Waals surface area contributed by atoms with Crippen LogP contribution in [0.2, 0.25) is 0 Å². The number of rotatable bonds is 6. The van der Waals surface area contributed by atoms with Crippen LogP contribution in [0.5, 0.6) is 0 Å². The van der Waals surface area contributed by atoms with Crippen LogP contribution in [0.25, 0.3) is 0 Å². The molecule has 2 aliphatic heterocycles. The molecule has 2 aromatic rings. The second kappa shape index (κ2) is 9.59. The Morgan fingerprint density at radius 2 is 1.68 bits per heavy atom. The summed E-state index contributed by atoms with van der Waals surface area (Å²) in [5.74, 6) is 0. The summed E-state index contributed by atoms with van der Waals surface area (Å²) in [6, 6.07) is 17.2.